The average Bonchev–Trinajstić information content (AvgIpc) is 2.36. The van der Waals surface area contributed by atoms with Crippen molar-refractivity contribution in [3.63, 3.8) is 0 Å². The number of hydrogen-bond acceptors (Lipinski definition) is 3. The lowest BCUT2D eigenvalue weighted by atomic mass is 10.2. The minimum absolute atomic E-state index is 0.0886. The summed E-state index contributed by atoms with van der Waals surface area (Å²) < 4.78 is 13.2. The molecule has 0 amide bonds. The lowest BCUT2D eigenvalue weighted by Crippen LogP contribution is -2.01. The molecule has 0 bridgehead atoms. The second-order valence-electron chi connectivity index (χ2n) is 4.05. The minimum atomic E-state index is -0.526. The van der Waals surface area contributed by atoms with Gasteiger partial charge in [0.25, 0.3) is 5.69 Å². The summed E-state index contributed by atoms with van der Waals surface area (Å²) in [6.07, 6.45) is 0. The highest BCUT2D eigenvalue weighted by molar-refractivity contribution is 6.33. The Hall–Kier alpha value is -1.85. The van der Waals surface area contributed by atoms with E-state index in [4.69, 9.17) is 23.2 Å². The first-order valence-corrected chi connectivity index (χ1v) is 6.34. The van der Waals surface area contributed by atoms with Crippen molar-refractivity contribution in [1.29, 1.82) is 0 Å². The molecule has 0 spiro atoms. The Labute approximate surface area is 124 Å². The van der Waals surface area contributed by atoms with Crippen molar-refractivity contribution < 1.29 is 9.31 Å². The third-order valence-electron chi connectivity index (χ3n) is 2.57. The number of nitro benzene ring substituents is 1. The zero-order valence-electron chi connectivity index (χ0n) is 10.1. The number of nitro groups is 1. The SMILES string of the molecule is O=[N+]([O-])c1ccc(NCc2cc(F)cc(Cl)c2)c(Cl)c1. The van der Waals surface area contributed by atoms with Crippen LogP contribution in [0.5, 0.6) is 0 Å². The molecule has 0 aliphatic carbocycles. The molecule has 104 valence electrons. The quantitative estimate of drug-likeness (QED) is 0.660. The van der Waals surface area contributed by atoms with Gasteiger partial charge in [-0.3, -0.25) is 10.1 Å². The van der Waals surface area contributed by atoms with Crippen LogP contribution in [0.1, 0.15) is 5.56 Å². The topological polar surface area (TPSA) is 55.2 Å². The molecular formula is C13H9Cl2FN2O2. The van der Waals surface area contributed by atoms with Crippen LogP contribution in [0.3, 0.4) is 0 Å². The van der Waals surface area contributed by atoms with Crippen LogP contribution < -0.4 is 5.32 Å². The molecule has 2 rings (SSSR count). The summed E-state index contributed by atoms with van der Waals surface area (Å²) in [5, 5.41) is 14.1. The first-order valence-electron chi connectivity index (χ1n) is 5.58. The zero-order chi connectivity index (χ0) is 14.7. The molecule has 4 nitrogen and oxygen atoms in total. The third kappa shape index (κ3) is 3.59. The van der Waals surface area contributed by atoms with Gasteiger partial charge in [-0.05, 0) is 29.8 Å². The predicted molar refractivity (Wildman–Crippen MR) is 76.8 cm³/mol. The molecule has 0 radical (unpaired) electrons. The molecule has 20 heavy (non-hydrogen) atoms. The Kier molecular flexibility index (Phi) is 4.42. The van der Waals surface area contributed by atoms with Crippen LogP contribution in [-0.2, 0) is 6.54 Å². The number of benzene rings is 2. The van der Waals surface area contributed by atoms with Gasteiger partial charge in [0.15, 0.2) is 0 Å². The minimum Gasteiger partial charge on any atom is -0.380 e. The highest BCUT2D eigenvalue weighted by atomic mass is 35.5. The summed E-state index contributed by atoms with van der Waals surface area (Å²) in [5.74, 6) is -0.427. The largest absolute Gasteiger partial charge is 0.380 e. The molecule has 0 heterocycles. The van der Waals surface area contributed by atoms with Gasteiger partial charge >= 0.3 is 0 Å². The molecule has 0 unspecified atom stereocenters. The van der Waals surface area contributed by atoms with Crippen LogP contribution in [0.2, 0.25) is 10.0 Å². The molecule has 1 N–H and O–H groups in total. The first kappa shape index (κ1) is 14.6. The van der Waals surface area contributed by atoms with E-state index >= 15 is 0 Å². The zero-order valence-corrected chi connectivity index (χ0v) is 11.6. The Balaban J connectivity index is 2.12. The van der Waals surface area contributed by atoms with Gasteiger partial charge in [0.2, 0.25) is 0 Å². The van der Waals surface area contributed by atoms with Crippen LogP contribution >= 0.6 is 23.2 Å². The number of rotatable bonds is 4. The van der Waals surface area contributed by atoms with Crippen molar-refractivity contribution in [3.8, 4) is 0 Å². The number of halogens is 3. The smallest absolute Gasteiger partial charge is 0.271 e. The van der Waals surface area contributed by atoms with E-state index in [1.165, 1.54) is 30.3 Å². The Morgan fingerprint density at radius 2 is 1.95 bits per heavy atom. The van der Waals surface area contributed by atoms with E-state index in [1.54, 1.807) is 6.07 Å². The van der Waals surface area contributed by atoms with Crippen molar-refractivity contribution in [1.82, 2.24) is 0 Å². The maximum Gasteiger partial charge on any atom is 0.271 e. The lowest BCUT2D eigenvalue weighted by molar-refractivity contribution is -0.384. The maximum absolute atomic E-state index is 13.2. The fourth-order valence-corrected chi connectivity index (χ4v) is 2.16. The van der Waals surface area contributed by atoms with Crippen LogP contribution in [0.25, 0.3) is 0 Å². The van der Waals surface area contributed by atoms with Gasteiger partial charge < -0.3 is 5.32 Å². The van der Waals surface area contributed by atoms with E-state index in [1.807, 2.05) is 0 Å². The summed E-state index contributed by atoms with van der Waals surface area (Å²) in [6.45, 7) is 0.301. The fourth-order valence-electron chi connectivity index (χ4n) is 1.67. The third-order valence-corrected chi connectivity index (χ3v) is 3.10. The number of hydrogen-bond donors (Lipinski definition) is 1. The van der Waals surface area contributed by atoms with E-state index in [2.05, 4.69) is 5.32 Å². The molecule has 0 aliphatic heterocycles. The second-order valence-corrected chi connectivity index (χ2v) is 4.90. The van der Waals surface area contributed by atoms with Gasteiger partial charge in [-0.15, -0.1) is 0 Å². The maximum atomic E-state index is 13.2. The van der Waals surface area contributed by atoms with Crippen molar-refractivity contribution in [2.24, 2.45) is 0 Å². The monoisotopic (exact) mass is 314 g/mol. The van der Waals surface area contributed by atoms with Gasteiger partial charge in [0.1, 0.15) is 5.82 Å². The van der Waals surface area contributed by atoms with E-state index in [0.717, 1.165) is 0 Å². The Bertz CT molecular complexity index is 645. The molecule has 0 aliphatic rings. The molecule has 2 aromatic carbocycles. The molecule has 7 heteroatoms. The summed E-state index contributed by atoms with van der Waals surface area (Å²) in [7, 11) is 0. The van der Waals surface area contributed by atoms with E-state index < -0.39 is 10.7 Å². The Morgan fingerprint density at radius 1 is 1.20 bits per heavy atom. The number of anilines is 1. The summed E-state index contributed by atoms with van der Waals surface area (Å²) >= 11 is 11.7. The highest BCUT2D eigenvalue weighted by Gasteiger charge is 2.09. The first-order chi connectivity index (χ1) is 9.45. The molecule has 0 atom stereocenters. The van der Waals surface area contributed by atoms with E-state index in [9.17, 15) is 14.5 Å². The van der Waals surface area contributed by atoms with Gasteiger partial charge in [-0.25, -0.2) is 4.39 Å². The molecule has 0 saturated carbocycles. The second kappa shape index (κ2) is 6.07. The Morgan fingerprint density at radius 3 is 2.55 bits per heavy atom. The van der Waals surface area contributed by atoms with Gasteiger partial charge in [-0.1, -0.05) is 23.2 Å². The molecular weight excluding hydrogens is 306 g/mol. The summed E-state index contributed by atoms with van der Waals surface area (Å²) in [4.78, 5) is 10.1. The molecule has 2 aromatic rings. The lowest BCUT2D eigenvalue weighted by Gasteiger charge is -2.09. The predicted octanol–water partition coefficient (Wildman–Crippen LogP) is 4.65. The molecule has 0 fully saturated rings. The van der Waals surface area contributed by atoms with Gasteiger partial charge in [-0.2, -0.15) is 0 Å². The normalized spacial score (nSPS) is 10.3. The average molecular weight is 315 g/mol. The van der Waals surface area contributed by atoms with Crippen molar-refractivity contribution in [2.75, 3.05) is 5.32 Å². The van der Waals surface area contributed by atoms with Crippen molar-refractivity contribution in [2.45, 2.75) is 6.54 Å². The fraction of sp³-hybridized carbons (Fsp3) is 0.0769. The summed E-state index contributed by atoms with van der Waals surface area (Å²) in [6, 6.07) is 8.27. The van der Waals surface area contributed by atoms with Crippen LogP contribution in [0.15, 0.2) is 36.4 Å². The van der Waals surface area contributed by atoms with Gasteiger partial charge in [0.05, 0.1) is 15.6 Å². The number of nitrogens with zero attached hydrogens (tertiary/aromatic N) is 1. The van der Waals surface area contributed by atoms with Crippen LogP contribution in [0, 0.1) is 15.9 Å². The van der Waals surface area contributed by atoms with Crippen LogP contribution in [0.4, 0.5) is 15.8 Å². The molecule has 0 saturated heterocycles. The van der Waals surface area contributed by atoms with Gasteiger partial charge in [0, 0.05) is 23.7 Å². The van der Waals surface area contributed by atoms with E-state index in [0.29, 0.717) is 22.8 Å². The standard InChI is InChI=1S/C13H9Cl2FN2O2/c14-9-3-8(4-10(16)5-9)7-17-13-2-1-11(18(19)20)6-12(13)15/h1-6,17H,7H2. The van der Waals surface area contributed by atoms with Crippen molar-refractivity contribution in [3.05, 3.63) is 67.9 Å². The van der Waals surface area contributed by atoms with Crippen molar-refractivity contribution >= 4 is 34.6 Å². The number of non-ortho nitro benzene ring substituents is 1. The highest BCUT2D eigenvalue weighted by Crippen LogP contribution is 2.27. The molecule has 0 aromatic heterocycles. The van der Waals surface area contributed by atoms with E-state index in [-0.39, 0.29) is 10.7 Å². The van der Waals surface area contributed by atoms with Crippen LogP contribution in [-0.4, -0.2) is 4.92 Å². The number of nitrogens with one attached hydrogen (secondary N) is 1. The summed E-state index contributed by atoms with van der Waals surface area (Å²) in [5.41, 5.74) is 1.08.